The van der Waals surface area contributed by atoms with Gasteiger partial charge in [-0.15, -0.1) is 23.2 Å². The highest BCUT2D eigenvalue weighted by atomic mass is 35.5. The summed E-state index contributed by atoms with van der Waals surface area (Å²) in [5.41, 5.74) is 0.190. The Morgan fingerprint density at radius 2 is 0.432 bits per heavy atom. The molecule has 0 saturated heterocycles. The third-order valence-electron chi connectivity index (χ3n) is 35.4. The summed E-state index contributed by atoms with van der Waals surface area (Å²) >= 11 is 14.6. The standard InChI is InChI=1S/4C17H21NO4.3C10H18O.C7H4ClNO3.CH2Cl2.3CH4/c4*1-17-11-5-4-6-12(17)9-10-15(17)22-16(19)13-7-2-3-8-14(13)18(20)21;3*1-10-7-3-2-4-8(10)5-6-9(10)11;8-7(10)5-3-1-2-4-6(5)9(11)12;2-1-3;;;/h4*2-3,7-8,12,15H,4-6,9-11H2,1H3;3*8-9,11H,2-7H2,1H3;1-4H;1H2;3*1H4/t4*12-,15+,17+;3*8-,9+,10+;;;;;/m1110110...../s1. The lowest BCUT2D eigenvalue weighted by molar-refractivity contribution is -0.385. The maximum Gasteiger partial charge on any atom is 0.345 e. The first-order valence-corrected chi connectivity index (χ1v) is 51.6. The Labute approximate surface area is 837 Å². The van der Waals surface area contributed by atoms with Crippen molar-refractivity contribution in [3.8, 4) is 0 Å². The van der Waals surface area contributed by atoms with Crippen molar-refractivity contribution >= 4 is 92.4 Å². The van der Waals surface area contributed by atoms with Crippen LogP contribution in [0.1, 0.15) is 392 Å². The first-order chi connectivity index (χ1) is 64.8. The summed E-state index contributed by atoms with van der Waals surface area (Å²) in [4.78, 5) is 112. The number of nitro groups is 5. The van der Waals surface area contributed by atoms with Crippen LogP contribution < -0.4 is 0 Å². The van der Waals surface area contributed by atoms with E-state index < -0.39 is 53.7 Å². The van der Waals surface area contributed by atoms with Gasteiger partial charge in [0.15, 0.2) is 0 Å². The molecule has 0 bridgehead atoms. The molecule has 14 aliphatic rings. The zero-order valence-corrected chi connectivity index (χ0v) is 82.8. The van der Waals surface area contributed by atoms with Crippen LogP contribution >= 0.6 is 34.8 Å². The average Bonchev–Trinajstić information content (AvgIpc) is 1.63. The highest BCUT2D eigenvalue weighted by molar-refractivity contribution is 6.68. The number of carbonyl (C=O) groups excluding carboxylic acids is 5. The number of para-hydroxylation sites is 5. The van der Waals surface area contributed by atoms with Crippen molar-refractivity contribution in [3.05, 3.63) is 200 Å². The number of halogens is 3. The number of aliphatic hydroxyl groups excluding tert-OH is 3. The number of nitro benzene ring substituents is 5. The summed E-state index contributed by atoms with van der Waals surface area (Å²) in [7, 11) is 0. The first kappa shape index (κ1) is 116. The van der Waals surface area contributed by atoms with Crippen molar-refractivity contribution in [1.29, 1.82) is 0 Å². The van der Waals surface area contributed by atoms with Gasteiger partial charge in [-0.1, -0.05) is 221 Å². The number of rotatable bonds is 14. The maximum atomic E-state index is 12.4. The van der Waals surface area contributed by atoms with Crippen LogP contribution in [0.3, 0.4) is 0 Å². The second-order valence-electron chi connectivity index (χ2n) is 42.6. The minimum Gasteiger partial charge on any atom is -0.458 e. The van der Waals surface area contributed by atoms with Crippen molar-refractivity contribution in [2.45, 2.75) is 383 Å². The Kier molecular flexibility index (Phi) is 43.3. The summed E-state index contributed by atoms with van der Waals surface area (Å²) in [5.74, 6) is 2.72. The van der Waals surface area contributed by atoms with E-state index in [0.29, 0.717) is 39.9 Å². The molecule has 0 spiro atoms. The van der Waals surface area contributed by atoms with Crippen LogP contribution in [0.5, 0.6) is 0 Å². The highest BCUT2D eigenvalue weighted by Gasteiger charge is 2.56. The molecule has 0 radical (unpaired) electrons. The van der Waals surface area contributed by atoms with Crippen molar-refractivity contribution in [1.82, 2.24) is 0 Å². The van der Waals surface area contributed by atoms with Crippen molar-refractivity contribution < 1.29 is 82.9 Å². The Morgan fingerprint density at radius 3 is 0.604 bits per heavy atom. The van der Waals surface area contributed by atoms with Crippen LogP contribution in [0, 0.1) is 130 Å². The molecule has 0 heterocycles. The van der Waals surface area contributed by atoms with Gasteiger partial charge in [-0.05, 0) is 279 Å². The van der Waals surface area contributed by atoms with E-state index in [0.717, 1.165) is 114 Å². The van der Waals surface area contributed by atoms with E-state index in [9.17, 15) is 89.9 Å². The van der Waals surface area contributed by atoms with E-state index in [-0.39, 0.29) is 148 Å². The molecule has 27 nitrogen and oxygen atoms in total. The second kappa shape index (κ2) is 52.1. The molecule has 14 saturated carbocycles. The average molecular weight is 1990 g/mol. The Bertz CT molecular complexity index is 4400. The van der Waals surface area contributed by atoms with Crippen LogP contribution in [0.25, 0.3) is 0 Å². The molecule has 139 heavy (non-hydrogen) atoms. The van der Waals surface area contributed by atoms with Crippen LogP contribution in [-0.4, -0.2) is 117 Å². The summed E-state index contributed by atoms with van der Waals surface area (Å²) in [6, 6.07) is 29.5. The summed E-state index contributed by atoms with van der Waals surface area (Å²) in [5, 5.41) is 83.3. The van der Waals surface area contributed by atoms with Crippen molar-refractivity contribution in [3.63, 3.8) is 0 Å². The number of ether oxygens (including phenoxy) is 4. The Hall–Kier alpha value is -8.60. The molecule has 30 heteroatoms. The number of hydrogen-bond donors (Lipinski definition) is 3. The molecule has 14 fully saturated rings. The van der Waals surface area contributed by atoms with Crippen LogP contribution in [0.15, 0.2) is 121 Å². The smallest absolute Gasteiger partial charge is 0.345 e. The summed E-state index contributed by atoms with van der Waals surface area (Å²) in [6.45, 7) is 15.7. The molecule has 0 aromatic heterocycles. The summed E-state index contributed by atoms with van der Waals surface area (Å²) in [6.07, 6.45) is 49.3. The van der Waals surface area contributed by atoms with Gasteiger partial charge in [0.05, 0.1) is 48.3 Å². The fourth-order valence-corrected chi connectivity index (χ4v) is 26.9. The molecular formula is C109H156Cl3N5O22. The van der Waals surface area contributed by atoms with E-state index in [4.69, 9.17) is 53.8 Å². The zero-order chi connectivity index (χ0) is 98.5. The van der Waals surface area contributed by atoms with Gasteiger partial charge < -0.3 is 34.3 Å². The van der Waals surface area contributed by atoms with E-state index in [2.05, 4.69) is 48.5 Å². The Balaban J connectivity index is 0.000000196. The van der Waals surface area contributed by atoms with Crippen LogP contribution in [-0.2, 0) is 18.9 Å². The normalized spacial score (nSPS) is 32.4. The minimum atomic E-state index is -0.817. The van der Waals surface area contributed by atoms with Gasteiger partial charge in [0.25, 0.3) is 33.7 Å². The van der Waals surface area contributed by atoms with Crippen molar-refractivity contribution in [2.24, 2.45) is 79.3 Å². The fraction of sp³-hybridized carbons (Fsp3) is 0.679. The van der Waals surface area contributed by atoms with E-state index in [1.54, 1.807) is 48.5 Å². The van der Waals surface area contributed by atoms with Gasteiger partial charge in [0.2, 0.25) is 0 Å². The molecule has 5 aromatic carbocycles. The Morgan fingerprint density at radius 1 is 0.273 bits per heavy atom. The number of esters is 4. The molecule has 770 valence electrons. The number of hydrogen-bond acceptors (Lipinski definition) is 22. The number of aliphatic hydroxyl groups is 3. The van der Waals surface area contributed by atoms with E-state index in [1.165, 1.54) is 246 Å². The molecule has 5 aromatic rings. The number of fused-ring (bicyclic) bond motifs is 7. The second-order valence-corrected chi connectivity index (χ2v) is 43.7. The minimum absolute atomic E-state index is 0. The van der Waals surface area contributed by atoms with Crippen molar-refractivity contribution in [2.75, 3.05) is 5.34 Å². The number of carbonyl (C=O) groups is 5. The van der Waals surface area contributed by atoms with Gasteiger partial charge in [-0.3, -0.25) is 55.4 Å². The quantitative estimate of drug-likeness (QED) is 0.0232. The van der Waals surface area contributed by atoms with Gasteiger partial charge >= 0.3 is 23.9 Å². The third-order valence-corrected chi connectivity index (χ3v) is 35.7. The SMILES string of the molecule is C.C.C.C[C@@]12CCCC[C@H]1CC[C@H]2O.C[C@@]12CCCC[C@H]1CC[C@H]2OC(=O)c1ccccc1[N+](=O)[O-].C[C@]12CCCC[C@@H]1CC[C@@H]2O.C[C@]12CCCC[C@@H]1CC[C@@H]2O.C[C@]12CCCC[C@@H]1CC[C@@H]2OC(=O)c1ccccc1[N+](=O)[O-].C[C@]12CCCC[C@@H]1CC[C@@H]2OC(=O)c1ccccc1[N+](=O)[O-].C[C@]12CCCC[C@@H]1CC[C@@H]2OC(=O)c1ccccc1[N+](=O)[O-].ClCCl.O=C(Cl)c1ccccc1[N+](=O)[O-]. The molecule has 0 aliphatic heterocycles. The summed E-state index contributed by atoms with van der Waals surface area (Å²) < 4.78 is 22.9. The highest BCUT2D eigenvalue weighted by Crippen LogP contribution is 2.60. The van der Waals surface area contributed by atoms with E-state index >= 15 is 0 Å². The predicted molar refractivity (Wildman–Crippen MR) is 542 cm³/mol. The molecule has 3 N–H and O–H groups in total. The van der Waals surface area contributed by atoms with E-state index in [1.807, 2.05) is 0 Å². The van der Waals surface area contributed by atoms with Gasteiger partial charge in [-0.2, -0.15) is 0 Å². The lowest BCUT2D eigenvalue weighted by Crippen LogP contribution is -2.38. The maximum absolute atomic E-state index is 12.4. The molecule has 14 aliphatic carbocycles. The van der Waals surface area contributed by atoms with Crippen LogP contribution in [0.4, 0.5) is 28.4 Å². The lowest BCUT2D eigenvalue weighted by atomic mass is 9.68. The fourth-order valence-electron chi connectivity index (χ4n) is 26.7. The molecule has 0 unspecified atom stereocenters. The van der Waals surface area contributed by atoms with Gasteiger partial charge in [0, 0.05) is 52.0 Å². The lowest BCUT2D eigenvalue weighted by Gasteiger charge is -2.39. The molecule has 0 amide bonds. The largest absolute Gasteiger partial charge is 0.458 e. The first-order valence-electron chi connectivity index (χ1n) is 50.2. The third kappa shape index (κ3) is 27.3. The van der Waals surface area contributed by atoms with Crippen LogP contribution in [0.2, 0.25) is 0 Å². The molecule has 19 rings (SSSR count). The number of benzene rings is 5. The molecule has 21 atom stereocenters. The number of nitrogens with zero attached hydrogens (tertiary/aromatic N) is 5. The van der Waals surface area contributed by atoms with Gasteiger partial charge in [0.1, 0.15) is 52.2 Å². The zero-order valence-electron chi connectivity index (χ0n) is 80.5. The number of alkyl halides is 2. The van der Waals surface area contributed by atoms with Gasteiger partial charge in [-0.25, -0.2) is 19.2 Å². The topological polar surface area (TPSA) is 399 Å². The predicted octanol–water partition coefficient (Wildman–Crippen LogP) is 28.8. The molecular weight excluding hydrogens is 1840 g/mol. The monoisotopic (exact) mass is 1990 g/mol.